The van der Waals surface area contributed by atoms with Crippen molar-refractivity contribution in [2.24, 2.45) is 5.92 Å². The highest BCUT2D eigenvalue weighted by Gasteiger charge is 2.50. The zero-order valence-corrected chi connectivity index (χ0v) is 21.3. The van der Waals surface area contributed by atoms with Crippen LogP contribution in [-0.4, -0.2) is 31.4 Å². The number of ketones is 1. The van der Waals surface area contributed by atoms with Crippen molar-refractivity contribution in [1.29, 1.82) is 0 Å². The van der Waals surface area contributed by atoms with E-state index in [1.165, 1.54) is 35.5 Å². The van der Waals surface area contributed by atoms with E-state index in [2.05, 4.69) is 0 Å². The van der Waals surface area contributed by atoms with Crippen LogP contribution in [0.4, 0.5) is 10.1 Å². The number of carbonyl (C=O) groups excluding carboxylic acids is 3. The topological polar surface area (TPSA) is 72.9 Å². The number of thiophene rings is 1. The van der Waals surface area contributed by atoms with Crippen molar-refractivity contribution in [3.63, 3.8) is 0 Å². The van der Waals surface area contributed by atoms with Gasteiger partial charge in [0.15, 0.2) is 5.78 Å². The number of hydrogen-bond acceptors (Lipinski definition) is 6. The third-order valence-corrected chi connectivity index (χ3v) is 7.98. The fraction of sp³-hybridized carbons (Fsp3) is 0.276. The van der Waals surface area contributed by atoms with E-state index in [-0.39, 0.29) is 31.0 Å². The van der Waals surface area contributed by atoms with Crippen molar-refractivity contribution in [2.75, 3.05) is 18.6 Å². The Labute approximate surface area is 218 Å². The molecule has 190 valence electrons. The first-order chi connectivity index (χ1) is 18.0. The van der Waals surface area contributed by atoms with E-state index in [4.69, 9.17) is 9.47 Å². The molecule has 1 aromatic heterocycles. The molecule has 1 aliphatic carbocycles. The van der Waals surface area contributed by atoms with Crippen molar-refractivity contribution < 1.29 is 28.2 Å². The molecule has 2 aromatic carbocycles. The molecular weight excluding hydrogens is 493 g/mol. The molecule has 3 aromatic rings. The number of ether oxygens (including phenoxy) is 2. The van der Waals surface area contributed by atoms with Crippen LogP contribution in [-0.2, 0) is 19.1 Å². The number of esters is 1. The van der Waals surface area contributed by atoms with Gasteiger partial charge < -0.3 is 9.47 Å². The first kappa shape index (κ1) is 24.9. The lowest BCUT2D eigenvalue weighted by Gasteiger charge is -2.42. The van der Waals surface area contributed by atoms with Gasteiger partial charge in [-0.3, -0.25) is 19.3 Å². The fourth-order valence-electron chi connectivity index (χ4n) is 5.43. The Balaban J connectivity index is 1.75. The summed E-state index contributed by atoms with van der Waals surface area (Å²) in [5, 5.41) is 1.88. The number of methoxy groups -OCH3 is 1. The number of carbonyl (C=O) groups is 3. The summed E-state index contributed by atoms with van der Waals surface area (Å²) in [6.45, 7) is 1.84. The number of nitrogens with zero attached hydrogens (tertiary/aromatic N) is 1. The summed E-state index contributed by atoms with van der Waals surface area (Å²) in [5.74, 6) is -3.59. The normalized spacial score (nSPS) is 21.6. The standard InChI is InChI=1S/C29H26FNO5S/c1-3-36-29(34)27-19(24-13-8-14-37-24)15-22-26(28(27)33)18(17-9-4-7-12-23(17)35-2)16-25(32)31(22)21-11-6-5-10-20(21)30/h4-14,18-19,27H,3,15-16H2,1-2H3/t18-,19-,27+/m0/s1. The number of allylic oxidation sites excluding steroid dienone is 2. The van der Waals surface area contributed by atoms with Gasteiger partial charge in [0.2, 0.25) is 5.91 Å². The van der Waals surface area contributed by atoms with Gasteiger partial charge in [-0.1, -0.05) is 36.4 Å². The Kier molecular flexibility index (Phi) is 6.93. The molecular formula is C29H26FNO5S. The average Bonchev–Trinajstić information content (AvgIpc) is 3.44. The zero-order valence-electron chi connectivity index (χ0n) is 20.5. The second kappa shape index (κ2) is 10.3. The van der Waals surface area contributed by atoms with Crippen LogP contribution in [0.2, 0.25) is 0 Å². The molecule has 0 N–H and O–H groups in total. The molecule has 3 atom stereocenters. The van der Waals surface area contributed by atoms with Crippen molar-refractivity contribution in [3.05, 3.63) is 93.6 Å². The zero-order chi connectivity index (χ0) is 26.1. The Morgan fingerprint density at radius 2 is 1.81 bits per heavy atom. The molecule has 37 heavy (non-hydrogen) atoms. The Hall–Kier alpha value is -3.78. The van der Waals surface area contributed by atoms with E-state index in [1.54, 1.807) is 25.1 Å². The van der Waals surface area contributed by atoms with Crippen LogP contribution in [0.25, 0.3) is 0 Å². The van der Waals surface area contributed by atoms with E-state index in [0.29, 0.717) is 22.6 Å². The second-order valence-electron chi connectivity index (χ2n) is 8.96. The monoisotopic (exact) mass is 519 g/mol. The molecule has 8 heteroatoms. The maximum absolute atomic E-state index is 15.0. The highest BCUT2D eigenvalue weighted by molar-refractivity contribution is 7.10. The lowest BCUT2D eigenvalue weighted by atomic mass is 9.69. The molecule has 0 saturated carbocycles. The maximum atomic E-state index is 15.0. The summed E-state index contributed by atoms with van der Waals surface area (Å²) in [6, 6.07) is 17.0. The van der Waals surface area contributed by atoms with Gasteiger partial charge in [-0.2, -0.15) is 0 Å². The van der Waals surface area contributed by atoms with Gasteiger partial charge in [-0.05, 0) is 43.0 Å². The van der Waals surface area contributed by atoms with Crippen LogP contribution in [0.5, 0.6) is 5.75 Å². The van der Waals surface area contributed by atoms with Crippen LogP contribution in [0.3, 0.4) is 0 Å². The van der Waals surface area contributed by atoms with E-state index >= 15 is 4.39 Å². The SMILES string of the molecule is CCOC(=O)[C@H]1C(=O)C2=C(C[C@H]1c1cccs1)N(c1ccccc1F)C(=O)C[C@H]2c1ccccc1OC. The number of benzene rings is 2. The van der Waals surface area contributed by atoms with Gasteiger partial charge in [-0.25, -0.2) is 4.39 Å². The Morgan fingerprint density at radius 3 is 2.51 bits per heavy atom. The summed E-state index contributed by atoms with van der Waals surface area (Å²) in [7, 11) is 1.53. The van der Waals surface area contributed by atoms with Crippen LogP contribution in [0.1, 0.15) is 42.0 Å². The van der Waals surface area contributed by atoms with Gasteiger partial charge in [-0.15, -0.1) is 11.3 Å². The maximum Gasteiger partial charge on any atom is 0.317 e. The minimum atomic E-state index is -1.06. The number of para-hydroxylation sites is 2. The third-order valence-electron chi connectivity index (χ3n) is 6.98. The number of anilines is 1. The predicted octanol–water partition coefficient (Wildman–Crippen LogP) is 5.61. The minimum absolute atomic E-state index is 0.0709. The van der Waals surface area contributed by atoms with Crippen LogP contribution >= 0.6 is 11.3 Å². The minimum Gasteiger partial charge on any atom is -0.496 e. The lowest BCUT2D eigenvalue weighted by Crippen LogP contribution is -2.46. The summed E-state index contributed by atoms with van der Waals surface area (Å²) in [6.07, 6.45) is 0.134. The first-order valence-corrected chi connectivity index (χ1v) is 13.0. The third kappa shape index (κ3) is 4.35. The molecule has 0 saturated heterocycles. The van der Waals surface area contributed by atoms with Crippen LogP contribution in [0.15, 0.2) is 77.3 Å². The summed E-state index contributed by atoms with van der Waals surface area (Å²) in [5.41, 5.74) is 1.51. The molecule has 0 unspecified atom stereocenters. The number of rotatable bonds is 6. The Bertz CT molecular complexity index is 1380. The quantitative estimate of drug-likeness (QED) is 0.313. The molecule has 1 amide bonds. The first-order valence-electron chi connectivity index (χ1n) is 12.1. The average molecular weight is 520 g/mol. The number of Topliss-reactive ketones (excluding diaryl/α,β-unsaturated/α-hetero) is 1. The van der Waals surface area contributed by atoms with Gasteiger partial charge >= 0.3 is 5.97 Å². The van der Waals surface area contributed by atoms with Crippen LogP contribution < -0.4 is 9.64 Å². The van der Waals surface area contributed by atoms with E-state index in [9.17, 15) is 14.4 Å². The highest BCUT2D eigenvalue weighted by atomic mass is 32.1. The van der Waals surface area contributed by atoms with Crippen molar-refractivity contribution in [3.8, 4) is 5.75 Å². The molecule has 1 aliphatic heterocycles. The second-order valence-corrected chi connectivity index (χ2v) is 9.94. The fourth-order valence-corrected chi connectivity index (χ4v) is 6.30. The summed E-state index contributed by atoms with van der Waals surface area (Å²) >= 11 is 1.43. The molecule has 2 heterocycles. The predicted molar refractivity (Wildman–Crippen MR) is 138 cm³/mol. The van der Waals surface area contributed by atoms with Gasteiger partial charge in [0.25, 0.3) is 0 Å². The van der Waals surface area contributed by atoms with Crippen molar-refractivity contribution in [2.45, 2.75) is 31.6 Å². The van der Waals surface area contributed by atoms with Gasteiger partial charge in [0.05, 0.1) is 19.4 Å². The lowest BCUT2D eigenvalue weighted by molar-refractivity contribution is -0.152. The van der Waals surface area contributed by atoms with Crippen molar-refractivity contribution in [1.82, 2.24) is 0 Å². The van der Waals surface area contributed by atoms with E-state index in [0.717, 1.165) is 4.88 Å². The smallest absolute Gasteiger partial charge is 0.317 e. The summed E-state index contributed by atoms with van der Waals surface area (Å²) < 4.78 is 25.9. The molecule has 0 fully saturated rings. The molecule has 5 rings (SSSR count). The van der Waals surface area contributed by atoms with Gasteiger partial charge in [0.1, 0.15) is 17.5 Å². The highest BCUT2D eigenvalue weighted by Crippen LogP contribution is 2.51. The largest absolute Gasteiger partial charge is 0.496 e. The Morgan fingerprint density at radius 1 is 1.05 bits per heavy atom. The molecule has 0 spiro atoms. The van der Waals surface area contributed by atoms with Gasteiger partial charge in [0, 0.05) is 40.0 Å². The van der Waals surface area contributed by atoms with Crippen LogP contribution in [0, 0.1) is 11.7 Å². The number of halogens is 1. The van der Waals surface area contributed by atoms with E-state index in [1.807, 2.05) is 35.7 Å². The number of amides is 1. The summed E-state index contributed by atoms with van der Waals surface area (Å²) in [4.78, 5) is 43.4. The molecule has 0 bridgehead atoms. The molecule has 2 aliphatic rings. The molecule has 0 radical (unpaired) electrons. The molecule has 6 nitrogen and oxygen atoms in total. The van der Waals surface area contributed by atoms with E-state index < -0.39 is 35.3 Å². The van der Waals surface area contributed by atoms with Crippen molar-refractivity contribution >= 4 is 34.7 Å². The number of hydrogen-bond donors (Lipinski definition) is 0.